The van der Waals surface area contributed by atoms with E-state index >= 15 is 0 Å². The van der Waals surface area contributed by atoms with Crippen molar-refractivity contribution in [1.82, 2.24) is 13.9 Å². The number of amides is 1. The van der Waals surface area contributed by atoms with E-state index in [1.807, 2.05) is 27.7 Å². The molecule has 2 rings (SSSR count). The second-order valence-electron chi connectivity index (χ2n) is 8.74. The van der Waals surface area contributed by atoms with Gasteiger partial charge in [0.15, 0.2) is 0 Å². The number of nitrogens with zero attached hydrogens (tertiary/aromatic N) is 2. The monoisotopic (exact) mass is 614 g/mol. The summed E-state index contributed by atoms with van der Waals surface area (Å²) in [6.45, 7) is 9.70. The Morgan fingerprint density at radius 1 is 0.659 bits per heavy atom. The predicted octanol–water partition coefficient (Wildman–Crippen LogP) is 3.63. The van der Waals surface area contributed by atoms with Gasteiger partial charge in [-0.15, -0.1) is 0 Å². The molecule has 1 amide bonds. The molecule has 13 heteroatoms. The molecule has 0 aliphatic rings. The van der Waals surface area contributed by atoms with Gasteiger partial charge in [-0.3, -0.25) is 4.79 Å². The molecular formula is C28H46N4O7S2. The molecule has 0 aliphatic heterocycles. The molecule has 4 N–H and O–H groups in total. The number of carbonyl (C=O) groups is 2. The summed E-state index contributed by atoms with van der Waals surface area (Å²) in [5.74, 6) is -1.30. The highest BCUT2D eigenvalue weighted by atomic mass is 32.2. The SMILES string of the molecule is CCCN(CCC)S(=O)(=O)c1ccc(C(=O)NC)cc1.CCCN(CCC)S(=O)(=O)c1ccc(C(=O)O)cc1.CN. The minimum absolute atomic E-state index is 0.0801. The van der Waals surface area contributed by atoms with E-state index in [1.54, 1.807) is 0 Å². The highest BCUT2D eigenvalue weighted by Gasteiger charge is 2.24. The van der Waals surface area contributed by atoms with Crippen molar-refractivity contribution in [3.8, 4) is 0 Å². The van der Waals surface area contributed by atoms with Crippen LogP contribution in [0.4, 0.5) is 0 Å². The molecule has 11 nitrogen and oxygen atoms in total. The van der Waals surface area contributed by atoms with Crippen LogP contribution in [0.1, 0.15) is 74.1 Å². The minimum atomic E-state index is -3.53. The summed E-state index contributed by atoms with van der Waals surface area (Å²) in [6.07, 6.45) is 3.03. The Morgan fingerprint density at radius 2 is 0.951 bits per heavy atom. The lowest BCUT2D eigenvalue weighted by Crippen LogP contribution is -2.32. The number of nitrogens with one attached hydrogen (secondary N) is 1. The lowest BCUT2D eigenvalue weighted by molar-refractivity contribution is 0.0696. The molecule has 0 unspecified atom stereocenters. The van der Waals surface area contributed by atoms with E-state index in [0.29, 0.717) is 31.7 Å². The molecule has 41 heavy (non-hydrogen) atoms. The standard InChI is InChI=1S/C14H22N2O3S.C13H19NO4S.CH5N/c1-4-10-16(11-5-2)20(18,19)13-8-6-12(7-9-13)14(17)15-3;1-3-9-14(10-4-2)19(17,18)12-7-5-11(6-8-12)13(15)16;1-2/h6-9H,4-5,10-11H2,1-3H3,(H,15,17);5-8H,3-4,9-10H2,1-2H3,(H,15,16);2H2,1H3. The van der Waals surface area contributed by atoms with E-state index in [9.17, 15) is 26.4 Å². The summed E-state index contributed by atoms with van der Waals surface area (Å²) in [4.78, 5) is 22.6. The van der Waals surface area contributed by atoms with Crippen LogP contribution in [0.2, 0.25) is 0 Å². The number of hydrogen-bond donors (Lipinski definition) is 3. The van der Waals surface area contributed by atoms with Crippen molar-refractivity contribution >= 4 is 31.9 Å². The predicted molar refractivity (Wildman–Crippen MR) is 162 cm³/mol. The topological polar surface area (TPSA) is 167 Å². The number of carboxylic acid groups (broad SMARTS) is 1. The van der Waals surface area contributed by atoms with Crippen LogP contribution < -0.4 is 11.1 Å². The smallest absolute Gasteiger partial charge is 0.335 e. The summed E-state index contributed by atoms with van der Waals surface area (Å²) in [5.41, 5.74) is 5.03. The Morgan fingerprint density at radius 3 is 1.20 bits per heavy atom. The van der Waals surface area contributed by atoms with E-state index in [1.165, 1.54) is 71.2 Å². The molecule has 0 saturated heterocycles. The third kappa shape index (κ3) is 11.5. The van der Waals surface area contributed by atoms with Crippen molar-refractivity contribution in [3.63, 3.8) is 0 Å². The molecule has 0 saturated carbocycles. The number of carbonyl (C=O) groups excluding carboxylic acids is 1. The van der Waals surface area contributed by atoms with E-state index in [4.69, 9.17) is 5.11 Å². The fraction of sp³-hybridized carbons (Fsp3) is 0.500. The van der Waals surface area contributed by atoms with Gasteiger partial charge in [-0.2, -0.15) is 8.61 Å². The number of benzene rings is 2. The number of rotatable bonds is 14. The fourth-order valence-corrected chi connectivity index (χ4v) is 6.94. The average molecular weight is 615 g/mol. The molecule has 2 aromatic rings. The summed E-state index contributed by atoms with van der Waals surface area (Å²) in [5, 5.41) is 11.3. The molecule has 0 radical (unpaired) electrons. The van der Waals surface area contributed by atoms with Gasteiger partial charge in [-0.25, -0.2) is 21.6 Å². The first-order valence-corrected chi connectivity index (χ1v) is 16.5. The summed E-state index contributed by atoms with van der Waals surface area (Å²) in [7, 11) is -3.96. The van der Waals surface area contributed by atoms with Crippen LogP contribution in [0.15, 0.2) is 58.3 Å². The maximum absolute atomic E-state index is 12.5. The fourth-order valence-electron chi connectivity index (χ4n) is 3.69. The van der Waals surface area contributed by atoms with Gasteiger partial charge in [0.05, 0.1) is 15.4 Å². The maximum atomic E-state index is 12.5. The highest BCUT2D eigenvalue weighted by Crippen LogP contribution is 2.18. The number of nitrogens with two attached hydrogens (primary N) is 1. The molecule has 232 valence electrons. The van der Waals surface area contributed by atoms with Crippen LogP contribution in [0.25, 0.3) is 0 Å². The second-order valence-corrected chi connectivity index (χ2v) is 12.6. The zero-order valence-corrected chi connectivity index (χ0v) is 26.6. The highest BCUT2D eigenvalue weighted by molar-refractivity contribution is 7.89. The van der Waals surface area contributed by atoms with Gasteiger partial charge in [0.1, 0.15) is 0 Å². The minimum Gasteiger partial charge on any atom is -0.478 e. The first-order valence-electron chi connectivity index (χ1n) is 13.6. The Balaban J connectivity index is 0.000000737. The van der Waals surface area contributed by atoms with Crippen LogP contribution >= 0.6 is 0 Å². The van der Waals surface area contributed by atoms with Crippen molar-refractivity contribution in [1.29, 1.82) is 0 Å². The van der Waals surface area contributed by atoms with E-state index < -0.39 is 26.0 Å². The molecule has 0 aromatic heterocycles. The van der Waals surface area contributed by atoms with Gasteiger partial charge < -0.3 is 16.2 Å². The van der Waals surface area contributed by atoms with Crippen LogP contribution in [0.5, 0.6) is 0 Å². The van der Waals surface area contributed by atoms with Crippen molar-refractivity contribution in [2.45, 2.75) is 63.2 Å². The van der Waals surface area contributed by atoms with Crippen molar-refractivity contribution < 1.29 is 31.5 Å². The van der Waals surface area contributed by atoms with Gasteiger partial charge in [-0.1, -0.05) is 27.7 Å². The largest absolute Gasteiger partial charge is 0.478 e. The molecular weight excluding hydrogens is 568 g/mol. The normalized spacial score (nSPS) is 11.2. The van der Waals surface area contributed by atoms with Crippen molar-refractivity contribution in [3.05, 3.63) is 59.7 Å². The molecule has 0 spiro atoms. The van der Waals surface area contributed by atoms with Crippen LogP contribution in [-0.2, 0) is 20.0 Å². The Kier molecular flexibility index (Phi) is 18.0. The van der Waals surface area contributed by atoms with Crippen LogP contribution in [0, 0.1) is 0 Å². The molecule has 0 heterocycles. The van der Waals surface area contributed by atoms with Gasteiger partial charge in [0.2, 0.25) is 20.0 Å². The second kappa shape index (κ2) is 19.3. The zero-order valence-electron chi connectivity index (χ0n) is 25.0. The summed E-state index contributed by atoms with van der Waals surface area (Å²) >= 11 is 0. The van der Waals surface area contributed by atoms with Gasteiger partial charge in [0, 0.05) is 38.8 Å². The van der Waals surface area contributed by atoms with Gasteiger partial charge >= 0.3 is 5.97 Å². The molecule has 0 atom stereocenters. The number of hydrogen-bond acceptors (Lipinski definition) is 7. The van der Waals surface area contributed by atoms with E-state index in [0.717, 1.165) is 25.7 Å². The van der Waals surface area contributed by atoms with E-state index in [-0.39, 0.29) is 21.3 Å². The van der Waals surface area contributed by atoms with E-state index in [2.05, 4.69) is 11.1 Å². The summed E-state index contributed by atoms with van der Waals surface area (Å²) < 4.78 is 52.6. The number of sulfonamides is 2. The van der Waals surface area contributed by atoms with Gasteiger partial charge in [0.25, 0.3) is 5.91 Å². The van der Waals surface area contributed by atoms with Crippen molar-refractivity contribution in [2.24, 2.45) is 5.73 Å². The summed E-state index contributed by atoms with van der Waals surface area (Å²) in [6, 6.07) is 11.3. The first-order chi connectivity index (χ1) is 19.4. The third-order valence-corrected chi connectivity index (χ3v) is 9.44. The van der Waals surface area contributed by atoms with Crippen LogP contribution in [0.3, 0.4) is 0 Å². The number of aromatic carboxylic acids is 1. The molecule has 2 aromatic carbocycles. The Bertz CT molecular complexity index is 1250. The molecule has 0 aliphatic carbocycles. The first kappa shape index (κ1) is 38.2. The number of carboxylic acids is 1. The Hall–Kier alpha value is -2.84. The zero-order chi connectivity index (χ0) is 31.6. The molecule has 0 fully saturated rings. The van der Waals surface area contributed by atoms with Gasteiger partial charge in [-0.05, 0) is 81.3 Å². The third-order valence-electron chi connectivity index (χ3n) is 5.61. The Labute approximate surface area is 245 Å². The van der Waals surface area contributed by atoms with Crippen molar-refractivity contribution in [2.75, 3.05) is 40.3 Å². The maximum Gasteiger partial charge on any atom is 0.335 e. The lowest BCUT2D eigenvalue weighted by atomic mass is 10.2. The quantitative estimate of drug-likeness (QED) is 0.290. The lowest BCUT2D eigenvalue weighted by Gasteiger charge is -2.21. The van der Waals surface area contributed by atoms with Crippen LogP contribution in [-0.4, -0.2) is 82.7 Å². The molecule has 0 bridgehead atoms. The average Bonchev–Trinajstić information content (AvgIpc) is 2.98.